The molecule has 0 unspecified atom stereocenters. The quantitative estimate of drug-likeness (QED) is 0.264. The van der Waals surface area contributed by atoms with Gasteiger partial charge >= 0.3 is 0 Å². The van der Waals surface area contributed by atoms with Gasteiger partial charge in [0.15, 0.2) is 0 Å². The van der Waals surface area contributed by atoms with Crippen molar-refractivity contribution in [3.63, 3.8) is 0 Å². The summed E-state index contributed by atoms with van der Waals surface area (Å²) in [7, 11) is 0. The molecular formula is C31H32N4O3. The van der Waals surface area contributed by atoms with Gasteiger partial charge in [0.05, 0.1) is 26.3 Å². The summed E-state index contributed by atoms with van der Waals surface area (Å²) in [6.45, 7) is 4.89. The predicted octanol–water partition coefficient (Wildman–Crippen LogP) is 5.43. The molecule has 194 valence electrons. The van der Waals surface area contributed by atoms with Crippen LogP contribution in [-0.4, -0.2) is 51.1 Å². The van der Waals surface area contributed by atoms with Crippen LogP contribution in [-0.2, 0) is 0 Å². The molecule has 2 N–H and O–H groups in total. The second kappa shape index (κ2) is 11.4. The zero-order valence-electron chi connectivity index (χ0n) is 21.4. The zero-order chi connectivity index (χ0) is 25.6. The second-order valence-electron chi connectivity index (χ2n) is 9.48. The lowest BCUT2D eigenvalue weighted by molar-refractivity contribution is 0.279. The number of amidine groups is 2. The molecule has 0 fully saturated rings. The molecule has 0 saturated heterocycles. The molecule has 2 aliphatic heterocycles. The van der Waals surface area contributed by atoms with E-state index < -0.39 is 0 Å². The van der Waals surface area contributed by atoms with E-state index >= 15 is 0 Å². The van der Waals surface area contributed by atoms with Gasteiger partial charge in [0.2, 0.25) is 0 Å². The van der Waals surface area contributed by atoms with Crippen LogP contribution in [0.15, 0.2) is 87.2 Å². The molecule has 0 atom stereocenters. The molecule has 0 radical (unpaired) electrons. The Hall–Kier alpha value is -4.26. The number of rotatable bonds is 11. The Labute approximate surface area is 222 Å². The fraction of sp³-hybridized carbons (Fsp3) is 0.290. The van der Waals surface area contributed by atoms with Crippen LogP contribution < -0.4 is 20.1 Å². The molecule has 6 rings (SSSR count). The lowest BCUT2D eigenvalue weighted by Crippen LogP contribution is -2.19. The summed E-state index contributed by atoms with van der Waals surface area (Å²) in [4.78, 5) is 8.95. The van der Waals surface area contributed by atoms with Crippen LogP contribution in [0, 0.1) is 0 Å². The van der Waals surface area contributed by atoms with Gasteiger partial charge in [0.25, 0.3) is 0 Å². The minimum Gasteiger partial charge on any atom is -0.494 e. The van der Waals surface area contributed by atoms with Crippen molar-refractivity contribution in [1.82, 2.24) is 10.6 Å². The summed E-state index contributed by atoms with van der Waals surface area (Å²) in [6, 6.07) is 24.5. The van der Waals surface area contributed by atoms with E-state index in [0.717, 1.165) is 102 Å². The van der Waals surface area contributed by atoms with Gasteiger partial charge in [0, 0.05) is 35.2 Å². The van der Waals surface area contributed by atoms with E-state index in [4.69, 9.17) is 13.9 Å². The van der Waals surface area contributed by atoms with Crippen LogP contribution in [0.5, 0.6) is 11.5 Å². The van der Waals surface area contributed by atoms with Crippen molar-refractivity contribution < 1.29 is 13.9 Å². The summed E-state index contributed by atoms with van der Waals surface area (Å²) in [5, 5.41) is 7.69. The molecule has 0 spiro atoms. The second-order valence-corrected chi connectivity index (χ2v) is 9.48. The number of hydrogen-bond acceptors (Lipinski definition) is 7. The molecule has 1 aromatic heterocycles. The van der Waals surface area contributed by atoms with Crippen molar-refractivity contribution in [2.24, 2.45) is 9.98 Å². The monoisotopic (exact) mass is 508 g/mol. The highest BCUT2D eigenvalue weighted by Gasteiger charge is 2.12. The van der Waals surface area contributed by atoms with Crippen molar-refractivity contribution in [3.8, 4) is 22.8 Å². The van der Waals surface area contributed by atoms with E-state index in [-0.39, 0.29) is 0 Å². The van der Waals surface area contributed by atoms with Gasteiger partial charge in [-0.15, -0.1) is 0 Å². The topological polar surface area (TPSA) is 80.4 Å². The highest BCUT2D eigenvalue weighted by atomic mass is 16.5. The van der Waals surface area contributed by atoms with E-state index in [1.54, 1.807) is 0 Å². The average Bonchev–Trinajstić information content (AvgIpc) is 3.75. The van der Waals surface area contributed by atoms with Crippen LogP contribution >= 0.6 is 0 Å². The Kier molecular flexibility index (Phi) is 7.24. The largest absolute Gasteiger partial charge is 0.494 e. The SMILES string of the molecule is c1cc(C2=NCCN2)ccc1OCCCCCOc1ccc(-c2cc3cc(C4=NCCN4)ccc3o2)cc1. The van der Waals surface area contributed by atoms with E-state index in [2.05, 4.69) is 51.0 Å². The smallest absolute Gasteiger partial charge is 0.135 e. The first-order valence-electron chi connectivity index (χ1n) is 13.4. The lowest BCUT2D eigenvalue weighted by atomic mass is 10.1. The van der Waals surface area contributed by atoms with Gasteiger partial charge in [-0.2, -0.15) is 0 Å². The van der Waals surface area contributed by atoms with Crippen molar-refractivity contribution in [2.45, 2.75) is 19.3 Å². The van der Waals surface area contributed by atoms with Crippen LogP contribution in [0.1, 0.15) is 30.4 Å². The summed E-state index contributed by atoms with van der Waals surface area (Å²) in [5.74, 6) is 4.55. The van der Waals surface area contributed by atoms with Gasteiger partial charge < -0.3 is 24.5 Å². The molecular weight excluding hydrogens is 476 g/mol. The molecule has 7 heteroatoms. The minimum atomic E-state index is 0.689. The van der Waals surface area contributed by atoms with E-state index in [1.165, 1.54) is 0 Å². The van der Waals surface area contributed by atoms with Gasteiger partial charge in [0.1, 0.15) is 34.5 Å². The third-order valence-electron chi connectivity index (χ3n) is 6.73. The summed E-state index contributed by atoms with van der Waals surface area (Å²) >= 11 is 0. The molecule has 3 aromatic carbocycles. The summed E-state index contributed by atoms with van der Waals surface area (Å²) in [5.41, 5.74) is 4.11. The maximum atomic E-state index is 6.09. The van der Waals surface area contributed by atoms with Crippen LogP contribution in [0.2, 0.25) is 0 Å². The van der Waals surface area contributed by atoms with Crippen LogP contribution in [0.4, 0.5) is 0 Å². The molecule has 3 heterocycles. The number of benzene rings is 3. The third kappa shape index (κ3) is 5.67. The molecule has 38 heavy (non-hydrogen) atoms. The molecule has 0 saturated carbocycles. The van der Waals surface area contributed by atoms with Crippen molar-refractivity contribution in [2.75, 3.05) is 39.4 Å². The molecule has 2 aliphatic rings. The number of unbranched alkanes of at least 4 members (excludes halogenated alkanes) is 2. The maximum Gasteiger partial charge on any atom is 0.135 e. The highest BCUT2D eigenvalue weighted by molar-refractivity contribution is 6.02. The first kappa shape index (κ1) is 24.1. The van der Waals surface area contributed by atoms with Crippen LogP contribution in [0.25, 0.3) is 22.3 Å². The summed E-state index contributed by atoms with van der Waals surface area (Å²) < 4.78 is 17.9. The standard InChI is InChI=1S/C31H32N4O3/c1(3-19-37-27-11-6-23(7-12-27)30-32-14-15-33-30)2-18-36-26-9-4-22(5-10-26)29-21-25-20-24(8-13-28(25)38-29)31-34-16-17-35-31/h4-13,20-21H,1-3,14-19H2,(H,32,33)(H,34,35). The van der Waals surface area contributed by atoms with Gasteiger partial charge in [-0.25, -0.2) is 0 Å². The van der Waals surface area contributed by atoms with Crippen molar-refractivity contribution in [3.05, 3.63) is 83.9 Å². The Balaban J connectivity index is 0.923. The number of nitrogens with one attached hydrogen (secondary N) is 2. The fourth-order valence-electron chi connectivity index (χ4n) is 4.70. The highest BCUT2D eigenvalue weighted by Crippen LogP contribution is 2.30. The van der Waals surface area contributed by atoms with Gasteiger partial charge in [-0.3, -0.25) is 9.98 Å². The van der Waals surface area contributed by atoms with E-state index in [1.807, 2.05) is 42.5 Å². The lowest BCUT2D eigenvalue weighted by Gasteiger charge is -2.09. The number of aliphatic imine (C=N–C) groups is 2. The first-order valence-corrected chi connectivity index (χ1v) is 13.4. The molecule has 0 aliphatic carbocycles. The van der Waals surface area contributed by atoms with Crippen molar-refractivity contribution >= 4 is 22.6 Å². The van der Waals surface area contributed by atoms with Crippen molar-refractivity contribution in [1.29, 1.82) is 0 Å². The van der Waals surface area contributed by atoms with Crippen LogP contribution in [0.3, 0.4) is 0 Å². The number of ether oxygens (including phenoxy) is 2. The third-order valence-corrected chi connectivity index (χ3v) is 6.73. The van der Waals surface area contributed by atoms with E-state index in [9.17, 15) is 0 Å². The Morgan fingerprint density at radius 2 is 1.21 bits per heavy atom. The normalized spacial score (nSPS) is 14.6. The summed E-state index contributed by atoms with van der Waals surface area (Å²) in [6.07, 6.45) is 3.04. The fourth-order valence-corrected chi connectivity index (χ4v) is 4.70. The number of nitrogens with zero attached hydrogens (tertiary/aromatic N) is 2. The molecule has 4 aromatic rings. The zero-order valence-corrected chi connectivity index (χ0v) is 21.4. The Morgan fingerprint density at radius 1 is 0.632 bits per heavy atom. The molecule has 0 amide bonds. The Bertz CT molecular complexity index is 1440. The van der Waals surface area contributed by atoms with Gasteiger partial charge in [-0.05, 0) is 92.1 Å². The average molecular weight is 509 g/mol. The number of furan rings is 1. The van der Waals surface area contributed by atoms with E-state index in [0.29, 0.717) is 13.2 Å². The predicted molar refractivity (Wildman–Crippen MR) is 152 cm³/mol. The molecule has 0 bridgehead atoms. The minimum absolute atomic E-state index is 0.689. The number of fused-ring (bicyclic) bond motifs is 1. The number of hydrogen-bond donors (Lipinski definition) is 2. The first-order chi connectivity index (χ1) is 18.8. The molecule has 7 nitrogen and oxygen atoms in total. The van der Waals surface area contributed by atoms with Gasteiger partial charge in [-0.1, -0.05) is 0 Å². The maximum absolute atomic E-state index is 6.09. The Morgan fingerprint density at radius 3 is 1.82 bits per heavy atom.